The normalized spacial score (nSPS) is 23.7. The third-order valence-corrected chi connectivity index (χ3v) is 10.3. The molecule has 244 valence electrons. The highest BCUT2D eigenvalue weighted by molar-refractivity contribution is 6.05. The Balaban J connectivity index is 1.16. The van der Waals surface area contributed by atoms with Gasteiger partial charge in [-0.2, -0.15) is 5.10 Å². The number of nitrogens with zero attached hydrogens (tertiary/aromatic N) is 8. The SMILES string of the molecule is CN1CCN(C2CCN(c3ccc4nc(NC(=O)c5ccnc(-c6cnn(C)c6)c5F)n([C@H]5CC[C@@](C)(O)CC5)c4c3)CC2)CC1. The predicted molar refractivity (Wildman–Crippen MR) is 177 cm³/mol. The summed E-state index contributed by atoms with van der Waals surface area (Å²) < 4.78 is 19.3. The van der Waals surface area contributed by atoms with E-state index in [0.29, 0.717) is 30.4 Å². The molecule has 1 aromatic carbocycles. The van der Waals surface area contributed by atoms with Crippen LogP contribution >= 0.6 is 0 Å². The molecule has 0 unspecified atom stereocenters. The van der Waals surface area contributed by atoms with E-state index in [4.69, 9.17) is 4.98 Å². The zero-order valence-electron chi connectivity index (χ0n) is 27.0. The molecule has 1 saturated carbocycles. The number of nitrogens with one attached hydrogen (secondary N) is 1. The Morgan fingerprint density at radius 3 is 2.43 bits per heavy atom. The third kappa shape index (κ3) is 6.13. The van der Waals surface area contributed by atoms with E-state index in [0.717, 1.165) is 81.7 Å². The maximum Gasteiger partial charge on any atom is 0.261 e. The summed E-state index contributed by atoms with van der Waals surface area (Å²) in [6.45, 7) is 8.42. The van der Waals surface area contributed by atoms with Crippen molar-refractivity contribution in [1.82, 2.24) is 34.1 Å². The number of likely N-dealkylation sites (N-methyl/N-ethyl adjacent to an activating group) is 1. The van der Waals surface area contributed by atoms with E-state index in [1.54, 1.807) is 17.9 Å². The maximum absolute atomic E-state index is 15.7. The van der Waals surface area contributed by atoms with Crippen molar-refractivity contribution in [3.05, 3.63) is 54.2 Å². The minimum Gasteiger partial charge on any atom is -0.390 e. The zero-order chi connectivity index (χ0) is 32.0. The molecule has 0 spiro atoms. The Morgan fingerprint density at radius 1 is 1.00 bits per heavy atom. The molecule has 5 heterocycles. The molecule has 2 saturated heterocycles. The Kier molecular flexibility index (Phi) is 8.28. The van der Waals surface area contributed by atoms with E-state index in [9.17, 15) is 9.90 Å². The number of aryl methyl sites for hydroxylation is 1. The molecule has 4 aromatic rings. The number of piperidine rings is 1. The van der Waals surface area contributed by atoms with Gasteiger partial charge in [0.1, 0.15) is 5.69 Å². The molecule has 46 heavy (non-hydrogen) atoms. The number of hydrogen-bond acceptors (Lipinski definition) is 8. The van der Waals surface area contributed by atoms with Gasteiger partial charge in [-0.25, -0.2) is 9.37 Å². The van der Waals surface area contributed by atoms with Crippen molar-refractivity contribution < 1.29 is 14.3 Å². The number of anilines is 2. The molecule has 0 atom stereocenters. The lowest BCUT2D eigenvalue weighted by Gasteiger charge is -2.42. The van der Waals surface area contributed by atoms with E-state index in [1.807, 2.05) is 13.0 Å². The summed E-state index contributed by atoms with van der Waals surface area (Å²) in [5.41, 5.74) is 2.61. The van der Waals surface area contributed by atoms with Crippen LogP contribution in [-0.2, 0) is 7.05 Å². The molecular weight excluding hydrogens is 585 g/mol. The molecule has 2 N–H and O–H groups in total. The van der Waals surface area contributed by atoms with Crippen LogP contribution in [0.3, 0.4) is 0 Å². The molecule has 3 aliphatic rings. The average molecular weight is 630 g/mol. The predicted octanol–water partition coefficient (Wildman–Crippen LogP) is 4.31. The number of aromatic nitrogens is 5. The first-order valence-corrected chi connectivity index (χ1v) is 16.5. The Hall–Kier alpha value is -3.87. The van der Waals surface area contributed by atoms with Crippen LogP contribution in [0.2, 0.25) is 0 Å². The van der Waals surface area contributed by atoms with Gasteiger partial charge in [0.25, 0.3) is 5.91 Å². The molecule has 3 fully saturated rings. The molecule has 7 rings (SSSR count). The summed E-state index contributed by atoms with van der Waals surface area (Å²) in [5, 5.41) is 17.8. The summed E-state index contributed by atoms with van der Waals surface area (Å²) in [5.74, 6) is -0.904. The summed E-state index contributed by atoms with van der Waals surface area (Å²) in [6.07, 6.45) is 9.69. The zero-order valence-corrected chi connectivity index (χ0v) is 27.0. The standard InChI is InChI=1S/C34H44FN9O2/c1-34(46)11-6-25(7-12-34)44-29-20-26(42-14-9-24(10-15-42)43-18-16-40(2)17-19-43)4-5-28(29)38-33(44)39-32(45)27-8-13-36-31(30(27)35)23-21-37-41(3)22-23/h4-5,8,13,20-22,24-25,46H,6-7,9-12,14-19H2,1-3H3,(H,38,39,45)/t25-,34+. The fourth-order valence-corrected chi connectivity index (χ4v) is 7.43. The van der Waals surface area contributed by atoms with Gasteiger partial charge in [0.15, 0.2) is 5.82 Å². The third-order valence-electron chi connectivity index (χ3n) is 10.3. The van der Waals surface area contributed by atoms with Crippen LogP contribution in [0, 0.1) is 5.82 Å². The van der Waals surface area contributed by atoms with Crippen LogP contribution < -0.4 is 10.2 Å². The number of hydrogen-bond donors (Lipinski definition) is 2. The Bertz CT molecular complexity index is 1710. The van der Waals surface area contributed by atoms with Gasteiger partial charge < -0.3 is 19.5 Å². The number of pyridine rings is 1. The molecule has 3 aromatic heterocycles. The number of imidazole rings is 1. The number of carbonyl (C=O) groups excluding carboxylic acids is 1. The van der Waals surface area contributed by atoms with Gasteiger partial charge >= 0.3 is 0 Å². The molecule has 11 nitrogen and oxygen atoms in total. The highest BCUT2D eigenvalue weighted by Gasteiger charge is 2.33. The topological polar surface area (TPSA) is 108 Å². The number of fused-ring (bicyclic) bond motifs is 1. The molecule has 0 bridgehead atoms. The molecule has 1 aliphatic carbocycles. The first kappa shape index (κ1) is 30.8. The Labute approximate surface area is 269 Å². The number of aliphatic hydroxyl groups is 1. The Morgan fingerprint density at radius 2 is 1.74 bits per heavy atom. The van der Waals surface area contributed by atoms with Crippen LogP contribution in [0.4, 0.5) is 16.0 Å². The van der Waals surface area contributed by atoms with Gasteiger partial charge in [0.2, 0.25) is 5.95 Å². The van der Waals surface area contributed by atoms with Crippen molar-refractivity contribution in [2.24, 2.45) is 7.05 Å². The first-order valence-electron chi connectivity index (χ1n) is 16.5. The smallest absolute Gasteiger partial charge is 0.261 e. The second-order valence-electron chi connectivity index (χ2n) is 13.6. The number of piperazine rings is 1. The van der Waals surface area contributed by atoms with Gasteiger partial charge in [0, 0.05) is 82.0 Å². The van der Waals surface area contributed by atoms with E-state index in [2.05, 4.69) is 53.8 Å². The molecule has 1 amide bonds. The van der Waals surface area contributed by atoms with Crippen molar-refractivity contribution in [2.45, 2.75) is 63.1 Å². The number of rotatable bonds is 6. The van der Waals surface area contributed by atoms with E-state index < -0.39 is 17.3 Å². The van der Waals surface area contributed by atoms with E-state index in [1.165, 1.54) is 18.5 Å². The number of carbonyl (C=O) groups is 1. The van der Waals surface area contributed by atoms with E-state index >= 15 is 4.39 Å². The van der Waals surface area contributed by atoms with Gasteiger partial charge in [-0.05, 0) is 76.8 Å². The van der Waals surface area contributed by atoms with Crippen molar-refractivity contribution in [3.63, 3.8) is 0 Å². The molecule has 12 heteroatoms. The molecule has 0 radical (unpaired) electrons. The minimum atomic E-state index is -0.710. The van der Waals surface area contributed by atoms with Crippen LogP contribution in [0.5, 0.6) is 0 Å². The number of benzene rings is 1. The highest BCUT2D eigenvalue weighted by Crippen LogP contribution is 2.39. The first-order chi connectivity index (χ1) is 22.1. The summed E-state index contributed by atoms with van der Waals surface area (Å²) >= 11 is 0. The highest BCUT2D eigenvalue weighted by atomic mass is 19.1. The van der Waals surface area contributed by atoms with Crippen molar-refractivity contribution >= 4 is 28.6 Å². The average Bonchev–Trinajstić information content (AvgIpc) is 3.64. The summed E-state index contributed by atoms with van der Waals surface area (Å²) in [6, 6.07) is 8.38. The number of halogens is 1. The second-order valence-corrected chi connectivity index (χ2v) is 13.6. The summed E-state index contributed by atoms with van der Waals surface area (Å²) in [7, 11) is 3.94. The largest absolute Gasteiger partial charge is 0.390 e. The van der Waals surface area contributed by atoms with Crippen LogP contribution in [-0.4, -0.2) is 103 Å². The second kappa shape index (κ2) is 12.4. The molecule has 2 aliphatic heterocycles. The van der Waals surface area contributed by atoms with Crippen molar-refractivity contribution in [1.29, 1.82) is 0 Å². The summed E-state index contributed by atoms with van der Waals surface area (Å²) in [4.78, 5) is 30.2. The minimum absolute atomic E-state index is 0.0342. The van der Waals surface area contributed by atoms with E-state index in [-0.39, 0.29) is 17.3 Å². The monoisotopic (exact) mass is 629 g/mol. The van der Waals surface area contributed by atoms with Gasteiger partial charge in [0.05, 0.1) is 28.4 Å². The van der Waals surface area contributed by atoms with Crippen LogP contribution in [0.25, 0.3) is 22.3 Å². The fourth-order valence-electron chi connectivity index (χ4n) is 7.43. The van der Waals surface area contributed by atoms with Gasteiger partial charge in [-0.1, -0.05) is 0 Å². The van der Waals surface area contributed by atoms with Gasteiger partial charge in [-0.15, -0.1) is 0 Å². The van der Waals surface area contributed by atoms with Crippen molar-refractivity contribution in [2.75, 3.05) is 56.5 Å². The lowest BCUT2D eigenvalue weighted by Crippen LogP contribution is -2.52. The number of amides is 1. The maximum atomic E-state index is 15.7. The lowest BCUT2D eigenvalue weighted by molar-refractivity contribution is 0.0106. The van der Waals surface area contributed by atoms with Gasteiger partial charge in [-0.3, -0.25) is 24.7 Å². The van der Waals surface area contributed by atoms with Crippen LogP contribution in [0.1, 0.15) is 61.8 Å². The molecular formula is C34H44FN9O2. The quantitative estimate of drug-likeness (QED) is 0.325. The van der Waals surface area contributed by atoms with Crippen molar-refractivity contribution in [3.8, 4) is 11.3 Å². The fraction of sp³-hybridized carbons (Fsp3) is 0.529. The van der Waals surface area contributed by atoms with Crippen LogP contribution in [0.15, 0.2) is 42.9 Å². The lowest BCUT2D eigenvalue weighted by atomic mass is 9.83.